The number of halogens is 6. The van der Waals surface area contributed by atoms with Crippen molar-refractivity contribution in [1.82, 2.24) is 4.98 Å². The van der Waals surface area contributed by atoms with E-state index < -0.39 is 45.9 Å². The lowest BCUT2D eigenvalue weighted by Gasteiger charge is -2.21. The molecule has 0 aliphatic heterocycles. The Balaban J connectivity index is 0.00000306. The van der Waals surface area contributed by atoms with E-state index in [9.17, 15) is 22.8 Å². The molecular formula is C23H22Cl2F4N4O2. The van der Waals surface area contributed by atoms with Crippen LogP contribution in [0.1, 0.15) is 23.2 Å². The fraction of sp³-hybridized carbons (Fsp3) is 0.174. The molecule has 1 heterocycles. The average Bonchev–Trinajstić information content (AvgIpc) is 2.79. The summed E-state index contributed by atoms with van der Waals surface area (Å²) in [5.74, 6) is -6.33. The molecular weight excluding hydrogens is 511 g/mol. The Morgan fingerprint density at radius 1 is 0.971 bits per heavy atom. The van der Waals surface area contributed by atoms with Gasteiger partial charge in [0.25, 0.3) is 5.91 Å². The SMILES string of the molecule is CN(C(=O)CCCN)c1ccncc1NC(=O)c1ccc(F)c(-c2c(F)cccc2F)c1F.Cl.Cl. The Bertz CT molecular complexity index is 1190. The van der Waals surface area contributed by atoms with Crippen molar-refractivity contribution in [3.63, 3.8) is 0 Å². The van der Waals surface area contributed by atoms with Gasteiger partial charge in [-0.15, -0.1) is 24.8 Å². The van der Waals surface area contributed by atoms with E-state index in [0.717, 1.165) is 30.3 Å². The lowest BCUT2D eigenvalue weighted by molar-refractivity contribution is -0.118. The van der Waals surface area contributed by atoms with Gasteiger partial charge in [0, 0.05) is 19.7 Å². The number of nitrogens with two attached hydrogens (primary N) is 1. The van der Waals surface area contributed by atoms with Crippen molar-refractivity contribution in [2.45, 2.75) is 12.8 Å². The van der Waals surface area contributed by atoms with Gasteiger partial charge in [-0.3, -0.25) is 14.6 Å². The van der Waals surface area contributed by atoms with E-state index in [4.69, 9.17) is 5.73 Å². The minimum absolute atomic E-state index is 0. The molecule has 0 saturated carbocycles. The summed E-state index contributed by atoms with van der Waals surface area (Å²) in [7, 11) is 1.49. The second kappa shape index (κ2) is 13.0. The van der Waals surface area contributed by atoms with Gasteiger partial charge in [-0.1, -0.05) is 6.07 Å². The van der Waals surface area contributed by atoms with Gasteiger partial charge < -0.3 is 16.0 Å². The Morgan fingerprint density at radius 3 is 2.23 bits per heavy atom. The third kappa shape index (κ3) is 6.47. The monoisotopic (exact) mass is 532 g/mol. The number of carbonyl (C=O) groups is 2. The number of carbonyl (C=O) groups excluding carboxylic acids is 2. The first kappa shape index (κ1) is 29.8. The van der Waals surface area contributed by atoms with Crippen LogP contribution in [0.5, 0.6) is 0 Å². The van der Waals surface area contributed by atoms with E-state index in [2.05, 4.69) is 10.3 Å². The fourth-order valence-corrected chi connectivity index (χ4v) is 3.21. The number of nitrogens with one attached hydrogen (secondary N) is 1. The van der Waals surface area contributed by atoms with Crippen LogP contribution in [-0.2, 0) is 4.79 Å². The number of rotatable bonds is 7. The summed E-state index contributed by atoms with van der Waals surface area (Å²) in [6, 6.07) is 5.82. The molecule has 3 rings (SSSR count). The van der Waals surface area contributed by atoms with E-state index >= 15 is 4.39 Å². The van der Waals surface area contributed by atoms with Crippen LogP contribution in [0.25, 0.3) is 11.1 Å². The summed E-state index contributed by atoms with van der Waals surface area (Å²) in [5, 5.41) is 2.42. The highest BCUT2D eigenvalue weighted by Crippen LogP contribution is 2.33. The largest absolute Gasteiger partial charge is 0.330 e. The van der Waals surface area contributed by atoms with Crippen LogP contribution in [0.3, 0.4) is 0 Å². The summed E-state index contributed by atoms with van der Waals surface area (Å²) >= 11 is 0. The van der Waals surface area contributed by atoms with Gasteiger partial charge >= 0.3 is 0 Å². The van der Waals surface area contributed by atoms with Crippen molar-refractivity contribution in [2.75, 3.05) is 23.8 Å². The minimum Gasteiger partial charge on any atom is -0.330 e. The maximum absolute atomic E-state index is 15.1. The number of aromatic nitrogens is 1. The highest BCUT2D eigenvalue weighted by atomic mass is 35.5. The quantitative estimate of drug-likeness (QED) is 0.414. The third-order valence-corrected chi connectivity index (χ3v) is 4.92. The molecule has 3 aromatic rings. The summed E-state index contributed by atoms with van der Waals surface area (Å²) < 4.78 is 57.8. The molecule has 2 amide bonds. The van der Waals surface area contributed by atoms with E-state index in [-0.39, 0.29) is 48.5 Å². The second-order valence-electron chi connectivity index (χ2n) is 7.07. The van der Waals surface area contributed by atoms with E-state index in [1.807, 2.05) is 0 Å². The van der Waals surface area contributed by atoms with Crippen LogP contribution in [0.2, 0.25) is 0 Å². The predicted molar refractivity (Wildman–Crippen MR) is 130 cm³/mol. The molecule has 0 atom stereocenters. The Labute approximate surface area is 211 Å². The number of pyridine rings is 1. The maximum Gasteiger partial charge on any atom is 0.258 e. The molecule has 0 aliphatic carbocycles. The maximum atomic E-state index is 15.1. The normalized spacial score (nSPS) is 10.1. The van der Waals surface area contributed by atoms with Crippen molar-refractivity contribution in [3.05, 3.63) is 77.6 Å². The molecule has 0 fully saturated rings. The van der Waals surface area contributed by atoms with Gasteiger partial charge in [-0.05, 0) is 43.3 Å². The summed E-state index contributed by atoms with van der Waals surface area (Å²) in [6.07, 6.45) is 3.28. The van der Waals surface area contributed by atoms with Gasteiger partial charge in [0.1, 0.15) is 23.3 Å². The first-order valence-electron chi connectivity index (χ1n) is 9.90. The number of hydrogen-bond donors (Lipinski definition) is 2. The zero-order valence-corrected chi connectivity index (χ0v) is 20.0. The van der Waals surface area contributed by atoms with Gasteiger partial charge in [-0.2, -0.15) is 0 Å². The molecule has 0 unspecified atom stereocenters. The molecule has 35 heavy (non-hydrogen) atoms. The topological polar surface area (TPSA) is 88.3 Å². The highest BCUT2D eigenvalue weighted by molar-refractivity contribution is 6.08. The number of hydrogen-bond acceptors (Lipinski definition) is 4. The van der Waals surface area contributed by atoms with Crippen LogP contribution in [0.15, 0.2) is 48.8 Å². The Morgan fingerprint density at radius 2 is 1.60 bits per heavy atom. The standard InChI is InChI=1S/C23H20F4N4O2.2ClH/c1-31(19(32)6-3-10-28)18-9-11-29-12-17(18)30-23(33)13-7-8-16(26)21(22(13)27)20-14(24)4-2-5-15(20)25;;/h2,4-5,7-9,11-12H,3,6,10,28H2,1H3,(H,30,33);2*1H. The summed E-state index contributed by atoms with van der Waals surface area (Å²) in [6.45, 7) is 0.328. The summed E-state index contributed by atoms with van der Waals surface area (Å²) in [4.78, 5) is 30.3. The van der Waals surface area contributed by atoms with Crippen molar-refractivity contribution in [2.24, 2.45) is 5.73 Å². The van der Waals surface area contributed by atoms with Crippen molar-refractivity contribution in [1.29, 1.82) is 0 Å². The zero-order valence-electron chi connectivity index (χ0n) is 18.4. The summed E-state index contributed by atoms with van der Waals surface area (Å²) in [5.41, 5.74) is 3.21. The van der Waals surface area contributed by atoms with Gasteiger partial charge in [0.15, 0.2) is 0 Å². The first-order chi connectivity index (χ1) is 15.8. The van der Waals surface area contributed by atoms with Crippen molar-refractivity contribution >= 4 is 48.0 Å². The Kier molecular flexibility index (Phi) is 11.1. The molecule has 6 nitrogen and oxygen atoms in total. The van der Waals surface area contributed by atoms with Crippen LogP contribution in [0.4, 0.5) is 28.9 Å². The van der Waals surface area contributed by atoms with Gasteiger partial charge in [-0.25, -0.2) is 17.6 Å². The molecule has 12 heteroatoms. The van der Waals surface area contributed by atoms with Crippen LogP contribution >= 0.6 is 24.8 Å². The fourth-order valence-electron chi connectivity index (χ4n) is 3.21. The van der Waals surface area contributed by atoms with Crippen molar-refractivity contribution < 1.29 is 27.2 Å². The van der Waals surface area contributed by atoms with E-state index in [0.29, 0.717) is 13.0 Å². The molecule has 0 spiro atoms. The molecule has 1 aromatic heterocycles. The number of amides is 2. The lowest BCUT2D eigenvalue weighted by atomic mass is 9.99. The second-order valence-corrected chi connectivity index (χ2v) is 7.07. The number of nitrogens with zero attached hydrogens (tertiary/aromatic N) is 2. The molecule has 0 aliphatic rings. The van der Waals surface area contributed by atoms with Gasteiger partial charge in [0.2, 0.25) is 5.91 Å². The number of anilines is 2. The van der Waals surface area contributed by atoms with Crippen LogP contribution in [0, 0.1) is 23.3 Å². The molecule has 3 N–H and O–H groups in total. The average molecular weight is 533 g/mol. The van der Waals surface area contributed by atoms with E-state index in [1.54, 1.807) is 0 Å². The zero-order chi connectivity index (χ0) is 24.1. The molecule has 0 bridgehead atoms. The minimum atomic E-state index is -1.44. The first-order valence-corrected chi connectivity index (χ1v) is 9.90. The predicted octanol–water partition coefficient (Wildman–Crippen LogP) is 5.10. The molecule has 188 valence electrons. The highest BCUT2D eigenvalue weighted by Gasteiger charge is 2.25. The van der Waals surface area contributed by atoms with E-state index in [1.165, 1.54) is 30.4 Å². The van der Waals surface area contributed by atoms with Crippen molar-refractivity contribution in [3.8, 4) is 11.1 Å². The number of benzene rings is 2. The molecule has 0 radical (unpaired) electrons. The molecule has 0 saturated heterocycles. The smallest absolute Gasteiger partial charge is 0.258 e. The van der Waals surface area contributed by atoms with Crippen LogP contribution < -0.4 is 16.0 Å². The lowest BCUT2D eigenvalue weighted by Crippen LogP contribution is -2.28. The Hall–Kier alpha value is -3.21. The van der Waals surface area contributed by atoms with Gasteiger partial charge in [0.05, 0.1) is 34.3 Å². The molecule has 2 aromatic carbocycles. The van der Waals surface area contributed by atoms with Crippen LogP contribution in [-0.4, -0.2) is 30.4 Å². The third-order valence-electron chi connectivity index (χ3n) is 4.92.